The first-order chi connectivity index (χ1) is 9.62. The Morgan fingerprint density at radius 1 is 1.40 bits per heavy atom. The van der Waals surface area contributed by atoms with Gasteiger partial charge in [0, 0.05) is 18.3 Å². The molecule has 0 fully saturated rings. The van der Waals surface area contributed by atoms with Crippen LogP contribution in [0.1, 0.15) is 44.6 Å². The molecule has 4 heteroatoms. The maximum Gasteiger partial charge on any atom is 0.111 e. The number of alkyl halides is 1. The fourth-order valence-electron chi connectivity index (χ4n) is 2.80. The fourth-order valence-corrected chi connectivity index (χ4v) is 2.96. The average molecular weight is 290 g/mol. The van der Waals surface area contributed by atoms with Gasteiger partial charge in [0.15, 0.2) is 0 Å². The lowest BCUT2D eigenvalue weighted by molar-refractivity contribution is 0.365. The normalized spacial score (nSPS) is 12.8. The van der Waals surface area contributed by atoms with E-state index in [1.54, 1.807) is 0 Å². The van der Waals surface area contributed by atoms with Crippen molar-refractivity contribution in [2.24, 2.45) is 5.92 Å². The Morgan fingerprint density at radius 3 is 2.70 bits per heavy atom. The second kappa shape index (κ2) is 6.28. The standard InChI is InChI=1S/C16H20ClN3/c1-4-14(11(2)3)20-15-9-12(10-18)5-6-13(15)19-16(20)7-8-17/h5-6,9,11,14H,4,7-8H2,1-3H3. The van der Waals surface area contributed by atoms with Crippen LogP contribution in [-0.2, 0) is 6.42 Å². The average Bonchev–Trinajstić information content (AvgIpc) is 2.77. The molecule has 20 heavy (non-hydrogen) atoms. The van der Waals surface area contributed by atoms with Crippen LogP contribution in [0.3, 0.4) is 0 Å². The number of nitriles is 1. The van der Waals surface area contributed by atoms with Crippen molar-refractivity contribution in [2.45, 2.75) is 39.7 Å². The zero-order valence-electron chi connectivity index (χ0n) is 12.2. The number of rotatable bonds is 5. The van der Waals surface area contributed by atoms with Crippen molar-refractivity contribution >= 4 is 22.6 Å². The van der Waals surface area contributed by atoms with Crippen LogP contribution in [0, 0.1) is 17.2 Å². The van der Waals surface area contributed by atoms with Gasteiger partial charge in [-0.05, 0) is 30.5 Å². The summed E-state index contributed by atoms with van der Waals surface area (Å²) in [6, 6.07) is 8.27. The molecule has 1 heterocycles. The summed E-state index contributed by atoms with van der Waals surface area (Å²) in [5.41, 5.74) is 2.67. The Morgan fingerprint density at radius 2 is 2.15 bits per heavy atom. The van der Waals surface area contributed by atoms with E-state index in [9.17, 15) is 0 Å². The van der Waals surface area contributed by atoms with E-state index in [4.69, 9.17) is 21.8 Å². The third-order valence-electron chi connectivity index (χ3n) is 3.73. The van der Waals surface area contributed by atoms with Crippen molar-refractivity contribution in [3.63, 3.8) is 0 Å². The van der Waals surface area contributed by atoms with Gasteiger partial charge in [0.1, 0.15) is 5.82 Å². The summed E-state index contributed by atoms with van der Waals surface area (Å²) in [6.45, 7) is 6.63. The van der Waals surface area contributed by atoms with E-state index in [0.717, 1.165) is 29.7 Å². The lowest BCUT2D eigenvalue weighted by Crippen LogP contribution is -2.17. The van der Waals surface area contributed by atoms with Gasteiger partial charge in [-0.25, -0.2) is 4.98 Å². The predicted octanol–water partition coefficient (Wildman–Crippen LogP) is 4.30. The first-order valence-corrected chi connectivity index (χ1v) is 7.62. The molecule has 0 radical (unpaired) electrons. The summed E-state index contributed by atoms with van der Waals surface area (Å²) in [4.78, 5) is 4.70. The topological polar surface area (TPSA) is 41.6 Å². The minimum absolute atomic E-state index is 0.382. The zero-order chi connectivity index (χ0) is 14.7. The van der Waals surface area contributed by atoms with Crippen LogP contribution in [0.5, 0.6) is 0 Å². The molecule has 1 atom stereocenters. The van der Waals surface area contributed by atoms with Crippen molar-refractivity contribution in [1.82, 2.24) is 9.55 Å². The van der Waals surface area contributed by atoms with Crippen molar-refractivity contribution in [3.8, 4) is 6.07 Å². The number of hydrogen-bond acceptors (Lipinski definition) is 2. The summed E-state index contributed by atoms with van der Waals surface area (Å²) in [7, 11) is 0. The van der Waals surface area contributed by atoms with E-state index >= 15 is 0 Å². The van der Waals surface area contributed by atoms with Gasteiger partial charge in [-0.15, -0.1) is 11.6 Å². The van der Waals surface area contributed by atoms with Crippen LogP contribution in [0.15, 0.2) is 18.2 Å². The van der Waals surface area contributed by atoms with E-state index < -0.39 is 0 Å². The molecule has 0 spiro atoms. The largest absolute Gasteiger partial charge is 0.325 e. The first-order valence-electron chi connectivity index (χ1n) is 7.09. The molecule has 0 bridgehead atoms. The van der Waals surface area contributed by atoms with Gasteiger partial charge in [0.25, 0.3) is 0 Å². The minimum Gasteiger partial charge on any atom is -0.325 e. The fraction of sp³-hybridized carbons (Fsp3) is 0.500. The van der Waals surface area contributed by atoms with E-state index in [1.165, 1.54) is 0 Å². The van der Waals surface area contributed by atoms with Crippen molar-refractivity contribution in [3.05, 3.63) is 29.6 Å². The highest BCUT2D eigenvalue weighted by Crippen LogP contribution is 2.29. The molecule has 0 aliphatic rings. The van der Waals surface area contributed by atoms with Crippen LogP contribution in [0.25, 0.3) is 11.0 Å². The number of hydrogen-bond donors (Lipinski definition) is 0. The molecule has 106 valence electrons. The molecule has 2 rings (SSSR count). The van der Waals surface area contributed by atoms with Crippen LogP contribution < -0.4 is 0 Å². The van der Waals surface area contributed by atoms with Crippen molar-refractivity contribution in [1.29, 1.82) is 5.26 Å². The molecule has 3 nitrogen and oxygen atoms in total. The molecule has 1 unspecified atom stereocenters. The molecule has 1 aromatic carbocycles. The second-order valence-corrected chi connectivity index (χ2v) is 5.75. The van der Waals surface area contributed by atoms with E-state index in [0.29, 0.717) is 23.4 Å². The summed E-state index contributed by atoms with van der Waals surface area (Å²) in [5.74, 6) is 2.09. The van der Waals surface area contributed by atoms with Crippen LogP contribution in [-0.4, -0.2) is 15.4 Å². The Balaban J connectivity index is 2.68. The molecule has 0 saturated heterocycles. The Labute approximate surface area is 125 Å². The Kier molecular flexibility index (Phi) is 4.67. The summed E-state index contributed by atoms with van der Waals surface area (Å²) < 4.78 is 2.28. The second-order valence-electron chi connectivity index (χ2n) is 5.37. The molecule has 0 amide bonds. The van der Waals surface area contributed by atoms with Gasteiger partial charge >= 0.3 is 0 Å². The molecule has 0 N–H and O–H groups in total. The summed E-state index contributed by atoms with van der Waals surface area (Å²) >= 11 is 5.92. The number of halogens is 1. The van der Waals surface area contributed by atoms with E-state index in [1.807, 2.05) is 18.2 Å². The highest BCUT2D eigenvalue weighted by atomic mass is 35.5. The van der Waals surface area contributed by atoms with Gasteiger partial charge in [-0.3, -0.25) is 0 Å². The third-order valence-corrected chi connectivity index (χ3v) is 3.92. The number of aromatic nitrogens is 2. The summed E-state index contributed by atoms with van der Waals surface area (Å²) in [5, 5.41) is 9.10. The first kappa shape index (κ1) is 14.9. The van der Waals surface area contributed by atoms with Gasteiger partial charge in [0.2, 0.25) is 0 Å². The smallest absolute Gasteiger partial charge is 0.111 e. The number of imidazole rings is 1. The molecular weight excluding hydrogens is 270 g/mol. The summed E-state index contributed by atoms with van der Waals surface area (Å²) in [6.07, 6.45) is 1.79. The maximum absolute atomic E-state index is 9.10. The van der Waals surface area contributed by atoms with Crippen LogP contribution >= 0.6 is 11.6 Å². The van der Waals surface area contributed by atoms with Crippen molar-refractivity contribution in [2.75, 3.05) is 5.88 Å². The lowest BCUT2D eigenvalue weighted by Gasteiger charge is -2.24. The van der Waals surface area contributed by atoms with Gasteiger partial charge in [0.05, 0.1) is 22.7 Å². The third kappa shape index (κ3) is 2.66. The molecule has 0 saturated carbocycles. The minimum atomic E-state index is 0.382. The zero-order valence-corrected chi connectivity index (χ0v) is 13.0. The Bertz CT molecular complexity index is 637. The highest BCUT2D eigenvalue weighted by Gasteiger charge is 2.20. The van der Waals surface area contributed by atoms with Gasteiger partial charge < -0.3 is 4.57 Å². The molecule has 2 aromatic rings. The Hall–Kier alpha value is -1.53. The van der Waals surface area contributed by atoms with E-state index in [-0.39, 0.29) is 0 Å². The van der Waals surface area contributed by atoms with Gasteiger partial charge in [-0.1, -0.05) is 20.8 Å². The number of fused-ring (bicyclic) bond motifs is 1. The predicted molar refractivity (Wildman–Crippen MR) is 83.0 cm³/mol. The molecule has 0 aliphatic heterocycles. The molecule has 0 aliphatic carbocycles. The van der Waals surface area contributed by atoms with E-state index in [2.05, 4.69) is 31.4 Å². The molecule has 1 aromatic heterocycles. The number of benzene rings is 1. The number of nitrogens with zero attached hydrogens (tertiary/aromatic N) is 3. The SMILES string of the molecule is CCC(C(C)C)n1c(CCCl)nc2ccc(C#N)cc21. The highest BCUT2D eigenvalue weighted by molar-refractivity contribution is 6.17. The van der Waals surface area contributed by atoms with Gasteiger partial charge in [-0.2, -0.15) is 5.26 Å². The van der Waals surface area contributed by atoms with Crippen molar-refractivity contribution < 1.29 is 0 Å². The quantitative estimate of drug-likeness (QED) is 0.770. The molecular formula is C16H20ClN3. The van der Waals surface area contributed by atoms with Crippen LogP contribution in [0.4, 0.5) is 0 Å². The lowest BCUT2D eigenvalue weighted by atomic mass is 10.0. The van der Waals surface area contributed by atoms with Crippen LogP contribution in [0.2, 0.25) is 0 Å². The maximum atomic E-state index is 9.10. The monoisotopic (exact) mass is 289 g/mol. The number of aryl methyl sites for hydroxylation is 1.